The Kier molecular flexibility index (Phi) is 3.74. The van der Waals surface area contributed by atoms with E-state index in [4.69, 9.17) is 0 Å². The van der Waals surface area contributed by atoms with Gasteiger partial charge in [0.05, 0.1) is 0 Å². The summed E-state index contributed by atoms with van der Waals surface area (Å²) in [5, 5.41) is 11.7. The predicted octanol–water partition coefficient (Wildman–Crippen LogP) is 3.06. The van der Waals surface area contributed by atoms with Crippen LogP contribution in [0, 0.1) is 5.21 Å². The average Bonchev–Trinajstić information content (AvgIpc) is 3.36. The van der Waals surface area contributed by atoms with E-state index in [1.807, 2.05) is 0 Å². The minimum absolute atomic E-state index is 0.138. The summed E-state index contributed by atoms with van der Waals surface area (Å²) in [5.41, 5.74) is 0.552. The summed E-state index contributed by atoms with van der Waals surface area (Å²) < 4.78 is 39.2. The van der Waals surface area contributed by atoms with Crippen LogP contribution in [-0.2, 0) is 6.18 Å². The Balaban J connectivity index is 1.65. The monoisotopic (exact) mass is 364 g/mol. The number of carbonyl (C=O) groups is 1. The van der Waals surface area contributed by atoms with Gasteiger partial charge in [0.2, 0.25) is 6.20 Å². The molecule has 26 heavy (non-hydrogen) atoms. The Hall–Kier alpha value is -2.84. The molecular weight excluding hydrogens is 349 g/mol. The molecule has 0 N–H and O–H groups in total. The molecule has 0 bridgehead atoms. The van der Waals surface area contributed by atoms with Gasteiger partial charge in [0.25, 0.3) is 0 Å². The Morgan fingerprint density at radius 3 is 2.62 bits per heavy atom. The fourth-order valence-corrected chi connectivity index (χ4v) is 3.18. The zero-order valence-electron chi connectivity index (χ0n) is 13.6. The Morgan fingerprint density at radius 2 is 1.92 bits per heavy atom. The van der Waals surface area contributed by atoms with Crippen molar-refractivity contribution in [1.29, 1.82) is 0 Å². The van der Waals surface area contributed by atoms with Crippen LogP contribution in [0.4, 0.5) is 29.3 Å². The number of pyridine rings is 2. The fraction of sp³-hybridized carbons (Fsp3) is 0.353. The third kappa shape index (κ3) is 2.93. The molecule has 1 aliphatic heterocycles. The van der Waals surface area contributed by atoms with E-state index in [0.29, 0.717) is 22.9 Å². The zero-order chi connectivity index (χ0) is 18.5. The van der Waals surface area contributed by atoms with E-state index in [2.05, 4.69) is 4.98 Å². The Labute approximate surface area is 147 Å². The molecule has 4 rings (SSSR count). The normalized spacial score (nSPS) is 17.9. The standard InChI is InChI=1S/C17H15F3N4O2/c18-17(19,20)15-9-12(3-5-21-15)23-7-8-24(16(23)25)14-10-22(26)6-4-13(14)11-1-2-11/h3-6,9-11H,1-2,7-8H2. The maximum absolute atomic E-state index is 12.9. The summed E-state index contributed by atoms with van der Waals surface area (Å²) in [6, 6.07) is 3.50. The van der Waals surface area contributed by atoms with E-state index in [0.717, 1.165) is 30.7 Å². The number of aromatic nitrogens is 2. The largest absolute Gasteiger partial charge is 0.619 e. The van der Waals surface area contributed by atoms with Gasteiger partial charge in [0, 0.05) is 31.0 Å². The maximum Gasteiger partial charge on any atom is 0.433 e. The second-order valence-electron chi connectivity index (χ2n) is 6.40. The van der Waals surface area contributed by atoms with E-state index < -0.39 is 17.9 Å². The SMILES string of the molecule is O=C1N(c2ccnc(C(F)(F)F)c2)CCN1c1c[n+]([O-])ccc1C1CC1. The van der Waals surface area contributed by atoms with Crippen LogP contribution in [0.15, 0.2) is 36.8 Å². The molecule has 2 aliphatic rings. The van der Waals surface area contributed by atoms with E-state index in [-0.39, 0.29) is 12.2 Å². The number of amides is 2. The molecule has 2 aromatic rings. The van der Waals surface area contributed by atoms with Crippen molar-refractivity contribution < 1.29 is 22.7 Å². The number of hydrogen-bond acceptors (Lipinski definition) is 3. The third-order valence-corrected chi connectivity index (χ3v) is 4.61. The predicted molar refractivity (Wildman–Crippen MR) is 86.7 cm³/mol. The molecule has 3 heterocycles. The maximum atomic E-state index is 12.9. The lowest BCUT2D eigenvalue weighted by molar-refractivity contribution is -0.604. The van der Waals surface area contributed by atoms with Crippen LogP contribution in [0.1, 0.15) is 30.0 Å². The highest BCUT2D eigenvalue weighted by molar-refractivity contribution is 6.06. The van der Waals surface area contributed by atoms with E-state index in [1.165, 1.54) is 28.3 Å². The molecule has 136 valence electrons. The van der Waals surface area contributed by atoms with Gasteiger partial charge in [0.15, 0.2) is 6.20 Å². The average molecular weight is 364 g/mol. The van der Waals surface area contributed by atoms with E-state index in [1.54, 1.807) is 6.07 Å². The fourth-order valence-electron chi connectivity index (χ4n) is 3.18. The van der Waals surface area contributed by atoms with Crippen LogP contribution < -0.4 is 14.5 Å². The molecule has 2 fully saturated rings. The highest BCUT2D eigenvalue weighted by atomic mass is 19.4. The van der Waals surface area contributed by atoms with Crippen molar-refractivity contribution in [3.05, 3.63) is 53.3 Å². The number of rotatable bonds is 3. The Morgan fingerprint density at radius 1 is 1.19 bits per heavy atom. The van der Waals surface area contributed by atoms with Gasteiger partial charge in [-0.2, -0.15) is 17.9 Å². The van der Waals surface area contributed by atoms with Gasteiger partial charge in [-0.3, -0.25) is 14.8 Å². The molecule has 0 spiro atoms. The molecule has 1 saturated heterocycles. The van der Waals surface area contributed by atoms with Gasteiger partial charge in [-0.15, -0.1) is 0 Å². The molecule has 0 radical (unpaired) electrons. The van der Waals surface area contributed by atoms with E-state index in [9.17, 15) is 23.2 Å². The molecule has 1 saturated carbocycles. The van der Waals surface area contributed by atoms with Gasteiger partial charge in [-0.05, 0) is 36.5 Å². The lowest BCUT2D eigenvalue weighted by Gasteiger charge is -2.20. The van der Waals surface area contributed by atoms with Gasteiger partial charge in [0.1, 0.15) is 11.4 Å². The molecule has 0 aromatic carbocycles. The zero-order valence-corrected chi connectivity index (χ0v) is 13.6. The van der Waals surface area contributed by atoms with Crippen LogP contribution in [-0.4, -0.2) is 24.1 Å². The summed E-state index contributed by atoms with van der Waals surface area (Å²) in [5.74, 6) is 0.325. The second-order valence-corrected chi connectivity index (χ2v) is 6.40. The van der Waals surface area contributed by atoms with Crippen molar-refractivity contribution in [2.24, 2.45) is 0 Å². The van der Waals surface area contributed by atoms with Crippen molar-refractivity contribution in [2.45, 2.75) is 24.9 Å². The molecule has 9 heteroatoms. The highest BCUT2D eigenvalue weighted by Gasteiger charge is 2.38. The van der Waals surface area contributed by atoms with Crippen LogP contribution in [0.25, 0.3) is 0 Å². The minimum Gasteiger partial charge on any atom is -0.619 e. The van der Waals surface area contributed by atoms with Crippen molar-refractivity contribution in [3.8, 4) is 0 Å². The summed E-state index contributed by atoms with van der Waals surface area (Å²) in [6.07, 6.45) is 1.21. The van der Waals surface area contributed by atoms with Crippen molar-refractivity contribution in [2.75, 3.05) is 22.9 Å². The number of carbonyl (C=O) groups excluding carboxylic acids is 1. The van der Waals surface area contributed by atoms with Crippen molar-refractivity contribution in [1.82, 2.24) is 4.98 Å². The molecule has 0 unspecified atom stereocenters. The number of nitrogens with zero attached hydrogens (tertiary/aromatic N) is 4. The van der Waals surface area contributed by atoms with E-state index >= 15 is 0 Å². The van der Waals surface area contributed by atoms with Crippen LogP contribution in [0.2, 0.25) is 0 Å². The summed E-state index contributed by atoms with van der Waals surface area (Å²) in [4.78, 5) is 18.9. The molecule has 0 atom stereocenters. The lowest BCUT2D eigenvalue weighted by atomic mass is 10.1. The number of anilines is 2. The topological polar surface area (TPSA) is 63.4 Å². The van der Waals surface area contributed by atoms with Crippen LogP contribution in [0.5, 0.6) is 0 Å². The molecule has 6 nitrogen and oxygen atoms in total. The molecule has 2 aromatic heterocycles. The lowest BCUT2D eigenvalue weighted by Crippen LogP contribution is -2.35. The first-order valence-electron chi connectivity index (χ1n) is 8.19. The molecule has 1 aliphatic carbocycles. The number of halogens is 3. The summed E-state index contributed by atoms with van der Waals surface area (Å²) >= 11 is 0. The third-order valence-electron chi connectivity index (χ3n) is 4.61. The second kappa shape index (κ2) is 5.86. The Bertz CT molecular complexity index is 867. The van der Waals surface area contributed by atoms with Gasteiger partial charge < -0.3 is 5.21 Å². The summed E-state index contributed by atoms with van der Waals surface area (Å²) in [6.45, 7) is 0.532. The quantitative estimate of drug-likeness (QED) is 0.621. The highest BCUT2D eigenvalue weighted by Crippen LogP contribution is 2.44. The van der Waals surface area contributed by atoms with Crippen LogP contribution >= 0.6 is 0 Å². The molecule has 2 amide bonds. The van der Waals surface area contributed by atoms with Crippen molar-refractivity contribution in [3.63, 3.8) is 0 Å². The number of alkyl halides is 3. The minimum atomic E-state index is -4.58. The van der Waals surface area contributed by atoms with Crippen LogP contribution in [0.3, 0.4) is 0 Å². The number of urea groups is 1. The summed E-state index contributed by atoms with van der Waals surface area (Å²) in [7, 11) is 0. The van der Waals surface area contributed by atoms with Gasteiger partial charge in [-0.25, -0.2) is 4.79 Å². The number of hydrogen-bond donors (Lipinski definition) is 0. The first-order valence-corrected chi connectivity index (χ1v) is 8.19. The van der Waals surface area contributed by atoms with Gasteiger partial charge in [-0.1, -0.05) is 0 Å². The molecular formula is C17H15F3N4O2. The van der Waals surface area contributed by atoms with Gasteiger partial charge >= 0.3 is 12.2 Å². The van der Waals surface area contributed by atoms with Crippen molar-refractivity contribution >= 4 is 17.4 Å². The first-order chi connectivity index (χ1) is 12.3. The first kappa shape index (κ1) is 16.6. The smallest absolute Gasteiger partial charge is 0.433 e.